The molecule has 0 radical (unpaired) electrons. The number of hydrogen-bond acceptors (Lipinski definition) is 3. The van der Waals surface area contributed by atoms with E-state index in [1.807, 2.05) is 42.7 Å². The Morgan fingerprint density at radius 2 is 1.63 bits per heavy atom. The Hall–Kier alpha value is -2.62. The standard InChI is InChI=1S/C15H10N2O2/c18-13-11-6-2-5-9-3-1-4-10-7-8-16-15(9,10)12(11)14(19)17-13/h1-8,16H,(H,17,18,19). The SMILES string of the molecule is O=C1NC(=O)C2=C1C=CC=C1C=CC=C3C=CNC132. The lowest BCUT2D eigenvalue weighted by molar-refractivity contribution is -0.124. The van der Waals surface area contributed by atoms with E-state index in [4.69, 9.17) is 0 Å². The molecular weight excluding hydrogens is 240 g/mol. The zero-order chi connectivity index (χ0) is 13.0. The molecule has 2 heterocycles. The van der Waals surface area contributed by atoms with Crippen LogP contribution < -0.4 is 10.6 Å². The quantitative estimate of drug-likeness (QED) is 0.625. The molecule has 0 fully saturated rings. The van der Waals surface area contributed by atoms with Gasteiger partial charge in [0.15, 0.2) is 0 Å². The third-order valence-electron chi connectivity index (χ3n) is 3.86. The number of carbonyl (C=O) groups excluding carboxylic acids is 2. The molecule has 2 aliphatic heterocycles. The fourth-order valence-corrected chi connectivity index (χ4v) is 3.07. The molecule has 19 heavy (non-hydrogen) atoms. The summed E-state index contributed by atoms with van der Waals surface area (Å²) in [5.41, 5.74) is 2.14. The summed E-state index contributed by atoms with van der Waals surface area (Å²) in [5.74, 6) is -0.655. The van der Waals surface area contributed by atoms with Crippen LogP contribution in [0.15, 0.2) is 71.0 Å². The second-order valence-corrected chi connectivity index (χ2v) is 4.76. The van der Waals surface area contributed by atoms with E-state index in [1.54, 1.807) is 6.08 Å². The Labute approximate surface area is 109 Å². The van der Waals surface area contributed by atoms with E-state index in [1.165, 1.54) is 0 Å². The Bertz CT molecular complexity index is 716. The molecule has 0 aromatic rings. The van der Waals surface area contributed by atoms with E-state index < -0.39 is 5.54 Å². The van der Waals surface area contributed by atoms with Gasteiger partial charge in [-0.15, -0.1) is 0 Å². The van der Waals surface area contributed by atoms with Gasteiger partial charge in [-0.25, -0.2) is 0 Å². The van der Waals surface area contributed by atoms with Crippen molar-refractivity contribution in [2.45, 2.75) is 5.54 Å². The highest BCUT2D eigenvalue weighted by Gasteiger charge is 2.50. The van der Waals surface area contributed by atoms with Crippen LogP contribution >= 0.6 is 0 Å². The molecule has 2 amide bonds. The lowest BCUT2D eigenvalue weighted by atomic mass is 9.74. The molecule has 4 rings (SSSR count). The van der Waals surface area contributed by atoms with Crippen molar-refractivity contribution < 1.29 is 9.59 Å². The smallest absolute Gasteiger partial charge is 0.258 e. The van der Waals surface area contributed by atoms with E-state index in [0.717, 1.165) is 11.1 Å². The zero-order valence-electron chi connectivity index (χ0n) is 9.94. The second kappa shape index (κ2) is 3.23. The molecule has 0 aromatic carbocycles. The van der Waals surface area contributed by atoms with Crippen LogP contribution in [0, 0.1) is 0 Å². The molecule has 2 aliphatic carbocycles. The van der Waals surface area contributed by atoms with Crippen LogP contribution in [0.3, 0.4) is 0 Å². The molecule has 2 N–H and O–H groups in total. The van der Waals surface area contributed by atoms with Gasteiger partial charge in [0.25, 0.3) is 11.8 Å². The van der Waals surface area contributed by atoms with Crippen LogP contribution in [0.4, 0.5) is 0 Å². The lowest BCUT2D eigenvalue weighted by Gasteiger charge is -2.35. The van der Waals surface area contributed by atoms with Crippen LogP contribution in [0.25, 0.3) is 0 Å². The average Bonchev–Trinajstić information content (AvgIpc) is 2.86. The Morgan fingerprint density at radius 3 is 2.47 bits per heavy atom. The van der Waals surface area contributed by atoms with E-state index in [9.17, 15) is 9.59 Å². The highest BCUT2D eigenvalue weighted by Crippen LogP contribution is 2.44. The van der Waals surface area contributed by atoms with E-state index in [2.05, 4.69) is 10.6 Å². The van der Waals surface area contributed by atoms with Crippen LogP contribution in [0.5, 0.6) is 0 Å². The number of allylic oxidation sites excluding steroid dienone is 4. The first-order valence-electron chi connectivity index (χ1n) is 6.06. The molecule has 0 bridgehead atoms. The summed E-state index contributed by atoms with van der Waals surface area (Å²) >= 11 is 0. The molecule has 0 aromatic heterocycles. The first kappa shape index (κ1) is 10.3. The predicted molar refractivity (Wildman–Crippen MR) is 69.6 cm³/mol. The minimum atomic E-state index is -0.718. The van der Waals surface area contributed by atoms with Crippen molar-refractivity contribution >= 4 is 11.8 Å². The average molecular weight is 250 g/mol. The van der Waals surface area contributed by atoms with Gasteiger partial charge in [0.1, 0.15) is 5.54 Å². The van der Waals surface area contributed by atoms with Crippen LogP contribution in [0.1, 0.15) is 0 Å². The normalized spacial score (nSPS) is 30.1. The number of imide groups is 1. The van der Waals surface area contributed by atoms with Gasteiger partial charge < -0.3 is 5.32 Å². The van der Waals surface area contributed by atoms with Gasteiger partial charge in [-0.3, -0.25) is 14.9 Å². The van der Waals surface area contributed by atoms with Crippen molar-refractivity contribution in [3.05, 3.63) is 71.0 Å². The zero-order valence-corrected chi connectivity index (χ0v) is 9.94. The van der Waals surface area contributed by atoms with Crippen molar-refractivity contribution in [2.75, 3.05) is 0 Å². The largest absolute Gasteiger partial charge is 0.374 e. The minimum absolute atomic E-state index is 0.324. The summed E-state index contributed by atoms with van der Waals surface area (Å²) in [6.45, 7) is 0. The molecule has 92 valence electrons. The first-order valence-corrected chi connectivity index (χ1v) is 6.06. The third kappa shape index (κ3) is 1.08. The highest BCUT2D eigenvalue weighted by atomic mass is 16.2. The maximum Gasteiger partial charge on any atom is 0.258 e. The van der Waals surface area contributed by atoms with Gasteiger partial charge in [0.05, 0.1) is 11.1 Å². The number of hydrogen-bond donors (Lipinski definition) is 2. The molecule has 1 unspecified atom stereocenters. The minimum Gasteiger partial charge on any atom is -0.374 e. The lowest BCUT2D eigenvalue weighted by Crippen LogP contribution is -2.47. The van der Waals surface area contributed by atoms with Gasteiger partial charge in [-0.05, 0) is 29.5 Å². The molecule has 4 nitrogen and oxygen atoms in total. The van der Waals surface area contributed by atoms with Crippen molar-refractivity contribution in [1.29, 1.82) is 0 Å². The summed E-state index contributed by atoms with van der Waals surface area (Å²) in [6, 6.07) is 0. The topological polar surface area (TPSA) is 58.2 Å². The van der Waals surface area contributed by atoms with Gasteiger partial charge in [-0.1, -0.05) is 30.4 Å². The van der Waals surface area contributed by atoms with E-state index >= 15 is 0 Å². The molecule has 4 aliphatic rings. The first-order chi connectivity index (χ1) is 9.23. The maximum atomic E-state index is 12.2. The molecule has 4 heteroatoms. The summed E-state index contributed by atoms with van der Waals surface area (Å²) < 4.78 is 0. The summed E-state index contributed by atoms with van der Waals surface area (Å²) in [7, 11) is 0. The van der Waals surface area contributed by atoms with Gasteiger partial charge in [-0.2, -0.15) is 0 Å². The second-order valence-electron chi connectivity index (χ2n) is 4.76. The maximum absolute atomic E-state index is 12.2. The third-order valence-corrected chi connectivity index (χ3v) is 3.86. The van der Waals surface area contributed by atoms with Crippen LogP contribution in [-0.2, 0) is 9.59 Å². The molecular formula is C15H10N2O2. The fourth-order valence-electron chi connectivity index (χ4n) is 3.07. The Balaban J connectivity index is 2.07. The van der Waals surface area contributed by atoms with E-state index in [-0.39, 0.29) is 11.8 Å². The summed E-state index contributed by atoms with van der Waals surface area (Å²) in [6.07, 6.45) is 15.1. The molecule has 1 spiro atoms. The van der Waals surface area contributed by atoms with Gasteiger partial charge >= 0.3 is 0 Å². The molecule has 1 atom stereocenters. The van der Waals surface area contributed by atoms with Crippen LogP contribution in [0.2, 0.25) is 0 Å². The Kier molecular flexibility index (Phi) is 1.75. The number of rotatable bonds is 0. The number of carbonyl (C=O) groups is 2. The highest BCUT2D eigenvalue weighted by molar-refractivity contribution is 6.23. The van der Waals surface area contributed by atoms with E-state index in [0.29, 0.717) is 11.1 Å². The molecule has 0 saturated carbocycles. The number of amides is 2. The fraction of sp³-hybridized carbons (Fsp3) is 0.0667. The van der Waals surface area contributed by atoms with Crippen molar-refractivity contribution in [1.82, 2.24) is 10.6 Å². The van der Waals surface area contributed by atoms with Gasteiger partial charge in [0, 0.05) is 0 Å². The van der Waals surface area contributed by atoms with Crippen molar-refractivity contribution in [3.8, 4) is 0 Å². The van der Waals surface area contributed by atoms with Crippen molar-refractivity contribution in [3.63, 3.8) is 0 Å². The monoisotopic (exact) mass is 250 g/mol. The summed E-state index contributed by atoms with van der Waals surface area (Å²) in [4.78, 5) is 24.1. The van der Waals surface area contributed by atoms with Crippen LogP contribution in [-0.4, -0.2) is 17.4 Å². The van der Waals surface area contributed by atoms with Gasteiger partial charge in [0.2, 0.25) is 0 Å². The predicted octanol–water partition coefficient (Wildman–Crippen LogP) is 0.787. The Morgan fingerprint density at radius 1 is 0.895 bits per heavy atom. The van der Waals surface area contributed by atoms with Crippen molar-refractivity contribution in [2.24, 2.45) is 0 Å². The summed E-state index contributed by atoms with van der Waals surface area (Å²) in [5, 5.41) is 5.63. The molecule has 0 saturated heterocycles. The number of nitrogens with one attached hydrogen (secondary N) is 2.